The summed E-state index contributed by atoms with van der Waals surface area (Å²) >= 11 is 0. The summed E-state index contributed by atoms with van der Waals surface area (Å²) in [6.45, 7) is 2.25. The molecule has 1 aromatic carbocycles. The molecule has 0 spiro atoms. The fourth-order valence-corrected chi connectivity index (χ4v) is 4.21. The van der Waals surface area contributed by atoms with Crippen molar-refractivity contribution in [3.05, 3.63) is 59.4 Å². The van der Waals surface area contributed by atoms with Gasteiger partial charge in [-0.3, -0.25) is 14.6 Å². The van der Waals surface area contributed by atoms with Gasteiger partial charge in [-0.15, -0.1) is 0 Å². The van der Waals surface area contributed by atoms with E-state index in [0.717, 1.165) is 11.1 Å². The molecule has 2 heterocycles. The second-order valence-electron chi connectivity index (χ2n) is 6.88. The number of carbonyl (C=O) groups is 2. The third-order valence-electron chi connectivity index (χ3n) is 4.75. The van der Waals surface area contributed by atoms with Crippen LogP contribution in [-0.4, -0.2) is 54.7 Å². The highest BCUT2D eigenvalue weighted by Crippen LogP contribution is 2.19. The van der Waals surface area contributed by atoms with Gasteiger partial charge in [0, 0.05) is 43.2 Å². The Morgan fingerprint density at radius 3 is 2.61 bits per heavy atom. The van der Waals surface area contributed by atoms with E-state index in [-0.39, 0.29) is 36.4 Å². The topological polar surface area (TPSA) is 96.4 Å². The molecule has 1 aromatic heterocycles. The van der Waals surface area contributed by atoms with Crippen molar-refractivity contribution >= 4 is 27.3 Å². The third-order valence-corrected chi connectivity index (χ3v) is 6.36. The average molecular weight is 401 g/mol. The van der Waals surface area contributed by atoms with Crippen molar-refractivity contribution < 1.29 is 18.0 Å². The molecular formula is C20H23N3O4S. The molecule has 0 saturated carbocycles. The Morgan fingerprint density at radius 2 is 1.93 bits per heavy atom. The van der Waals surface area contributed by atoms with Crippen molar-refractivity contribution in [1.29, 1.82) is 0 Å². The zero-order valence-corrected chi connectivity index (χ0v) is 16.5. The number of hydrogen-bond acceptors (Lipinski definition) is 5. The largest absolute Gasteiger partial charge is 0.337 e. The molecule has 3 rings (SSSR count). The molecule has 2 amide bonds. The first-order chi connectivity index (χ1) is 13.3. The van der Waals surface area contributed by atoms with E-state index in [9.17, 15) is 18.0 Å². The predicted octanol–water partition coefficient (Wildman–Crippen LogP) is 1.83. The summed E-state index contributed by atoms with van der Waals surface area (Å²) in [5, 5.41) is 2.87. The zero-order chi connectivity index (χ0) is 20.1. The Morgan fingerprint density at radius 1 is 1.18 bits per heavy atom. The van der Waals surface area contributed by atoms with E-state index in [1.54, 1.807) is 35.5 Å². The summed E-state index contributed by atoms with van der Waals surface area (Å²) in [4.78, 5) is 30.6. The number of aromatic nitrogens is 1. The van der Waals surface area contributed by atoms with Crippen LogP contribution in [0.15, 0.2) is 42.7 Å². The van der Waals surface area contributed by atoms with Gasteiger partial charge in [-0.1, -0.05) is 12.1 Å². The fraction of sp³-hybridized carbons (Fsp3) is 0.350. The van der Waals surface area contributed by atoms with Crippen LogP contribution in [0.5, 0.6) is 0 Å². The van der Waals surface area contributed by atoms with Gasteiger partial charge in [-0.2, -0.15) is 0 Å². The second-order valence-corrected chi connectivity index (χ2v) is 9.19. The highest BCUT2D eigenvalue weighted by molar-refractivity contribution is 7.91. The minimum Gasteiger partial charge on any atom is -0.337 e. The van der Waals surface area contributed by atoms with E-state index in [2.05, 4.69) is 10.3 Å². The number of pyridine rings is 1. The Labute approximate surface area is 164 Å². The SMILES string of the molecule is Cc1ccc(C(=O)N2CCS(=O)(=O)CC2)cc1NC(=O)CCc1cccnc1. The van der Waals surface area contributed by atoms with Crippen LogP contribution in [0.3, 0.4) is 0 Å². The van der Waals surface area contributed by atoms with Gasteiger partial charge in [0.2, 0.25) is 5.91 Å². The molecule has 2 aromatic rings. The lowest BCUT2D eigenvalue weighted by Crippen LogP contribution is -2.43. The summed E-state index contributed by atoms with van der Waals surface area (Å²) in [5.41, 5.74) is 2.87. The smallest absolute Gasteiger partial charge is 0.253 e. The number of benzene rings is 1. The Hall–Kier alpha value is -2.74. The number of aryl methyl sites for hydroxylation is 2. The Balaban J connectivity index is 1.64. The maximum Gasteiger partial charge on any atom is 0.253 e. The number of hydrogen-bond donors (Lipinski definition) is 1. The van der Waals surface area contributed by atoms with Crippen molar-refractivity contribution in [2.75, 3.05) is 29.9 Å². The van der Waals surface area contributed by atoms with Gasteiger partial charge in [0.1, 0.15) is 0 Å². The molecule has 1 aliphatic rings. The molecular weight excluding hydrogens is 378 g/mol. The lowest BCUT2D eigenvalue weighted by molar-refractivity contribution is -0.116. The first kappa shape index (κ1) is 20.0. The fourth-order valence-electron chi connectivity index (χ4n) is 3.00. The summed E-state index contributed by atoms with van der Waals surface area (Å²) in [7, 11) is -3.05. The van der Waals surface area contributed by atoms with Crippen molar-refractivity contribution in [3.8, 4) is 0 Å². The molecule has 0 radical (unpaired) electrons. The van der Waals surface area contributed by atoms with Crippen LogP contribution in [0.1, 0.15) is 27.9 Å². The summed E-state index contributed by atoms with van der Waals surface area (Å²) in [6, 6.07) is 8.89. The van der Waals surface area contributed by atoms with Crippen LogP contribution < -0.4 is 5.32 Å². The minimum absolute atomic E-state index is 0.0114. The number of nitrogens with zero attached hydrogens (tertiary/aromatic N) is 2. The molecule has 1 fully saturated rings. The number of amides is 2. The van der Waals surface area contributed by atoms with Crippen LogP contribution in [0.25, 0.3) is 0 Å². The Kier molecular flexibility index (Phi) is 6.08. The molecule has 148 valence electrons. The van der Waals surface area contributed by atoms with Crippen LogP contribution >= 0.6 is 0 Å². The first-order valence-electron chi connectivity index (χ1n) is 9.13. The predicted molar refractivity (Wildman–Crippen MR) is 107 cm³/mol. The molecule has 0 atom stereocenters. The van der Waals surface area contributed by atoms with Crippen LogP contribution in [-0.2, 0) is 21.1 Å². The number of anilines is 1. The number of carbonyl (C=O) groups excluding carboxylic acids is 2. The molecule has 1 aliphatic heterocycles. The summed E-state index contributed by atoms with van der Waals surface area (Å²) in [6.07, 6.45) is 4.32. The van der Waals surface area contributed by atoms with E-state index in [0.29, 0.717) is 24.1 Å². The van der Waals surface area contributed by atoms with Gasteiger partial charge in [-0.05, 0) is 42.7 Å². The Bertz CT molecular complexity index is 960. The monoisotopic (exact) mass is 401 g/mol. The minimum atomic E-state index is -3.05. The highest BCUT2D eigenvalue weighted by Gasteiger charge is 2.26. The molecule has 0 unspecified atom stereocenters. The van der Waals surface area contributed by atoms with E-state index < -0.39 is 9.84 Å². The number of rotatable bonds is 5. The highest BCUT2D eigenvalue weighted by atomic mass is 32.2. The van der Waals surface area contributed by atoms with Gasteiger partial charge in [0.05, 0.1) is 11.5 Å². The molecule has 28 heavy (non-hydrogen) atoms. The molecule has 0 bridgehead atoms. The maximum atomic E-state index is 12.7. The molecule has 1 saturated heterocycles. The quantitative estimate of drug-likeness (QED) is 0.825. The summed E-state index contributed by atoms with van der Waals surface area (Å²) in [5.74, 6) is -0.383. The average Bonchev–Trinajstić information content (AvgIpc) is 2.68. The molecule has 8 heteroatoms. The summed E-state index contributed by atoms with van der Waals surface area (Å²) < 4.78 is 23.1. The number of sulfone groups is 1. The van der Waals surface area contributed by atoms with Crippen molar-refractivity contribution in [2.45, 2.75) is 19.8 Å². The molecule has 0 aliphatic carbocycles. The zero-order valence-electron chi connectivity index (χ0n) is 15.7. The van der Waals surface area contributed by atoms with E-state index in [4.69, 9.17) is 0 Å². The number of nitrogens with one attached hydrogen (secondary N) is 1. The lowest BCUT2D eigenvalue weighted by atomic mass is 10.1. The normalized spacial score (nSPS) is 15.8. The molecule has 7 nitrogen and oxygen atoms in total. The van der Waals surface area contributed by atoms with Crippen molar-refractivity contribution in [2.24, 2.45) is 0 Å². The standard InChI is InChI=1S/C20H23N3O4S/c1-15-4-6-17(20(25)23-9-11-28(26,27)12-10-23)13-18(15)22-19(24)7-5-16-3-2-8-21-14-16/h2-4,6,8,13-14H,5,7,9-12H2,1H3,(H,22,24). The van der Waals surface area contributed by atoms with Crippen molar-refractivity contribution in [3.63, 3.8) is 0 Å². The van der Waals surface area contributed by atoms with E-state index in [1.807, 2.05) is 19.1 Å². The van der Waals surface area contributed by atoms with Gasteiger partial charge >= 0.3 is 0 Å². The van der Waals surface area contributed by atoms with Crippen LogP contribution in [0.4, 0.5) is 5.69 Å². The van der Waals surface area contributed by atoms with E-state index in [1.165, 1.54) is 0 Å². The van der Waals surface area contributed by atoms with Crippen LogP contribution in [0.2, 0.25) is 0 Å². The van der Waals surface area contributed by atoms with Gasteiger partial charge < -0.3 is 10.2 Å². The maximum absolute atomic E-state index is 12.7. The van der Waals surface area contributed by atoms with Crippen molar-refractivity contribution in [1.82, 2.24) is 9.88 Å². The van der Waals surface area contributed by atoms with Gasteiger partial charge in [0.15, 0.2) is 9.84 Å². The lowest BCUT2D eigenvalue weighted by Gasteiger charge is -2.27. The van der Waals surface area contributed by atoms with Gasteiger partial charge in [0.25, 0.3) is 5.91 Å². The van der Waals surface area contributed by atoms with Crippen LogP contribution in [0, 0.1) is 6.92 Å². The van der Waals surface area contributed by atoms with E-state index >= 15 is 0 Å². The first-order valence-corrected chi connectivity index (χ1v) is 11.0. The third kappa shape index (κ3) is 5.16. The second kappa shape index (κ2) is 8.52. The van der Waals surface area contributed by atoms with Gasteiger partial charge in [-0.25, -0.2) is 8.42 Å². The molecule has 1 N–H and O–H groups in total.